The van der Waals surface area contributed by atoms with Crippen LogP contribution in [0.5, 0.6) is 0 Å². The number of ether oxygens (including phenoxy) is 1. The molecular weight excluding hydrogens is 324 g/mol. The molecule has 1 aromatic rings. The molecule has 0 heterocycles. The first kappa shape index (κ1) is 17.7. The Kier molecular flexibility index (Phi) is 4.68. The van der Waals surface area contributed by atoms with Crippen LogP contribution in [0.4, 0.5) is 32.0 Å². The van der Waals surface area contributed by atoms with Crippen molar-refractivity contribution in [3.05, 3.63) is 38.9 Å². The van der Waals surface area contributed by atoms with Crippen molar-refractivity contribution in [1.82, 2.24) is 0 Å². The number of esters is 1. The van der Waals surface area contributed by atoms with E-state index in [0.29, 0.717) is 0 Å². The minimum Gasteiger partial charge on any atom is -0.462 e. The lowest BCUT2D eigenvalue weighted by Crippen LogP contribution is -2.21. The fourth-order valence-corrected chi connectivity index (χ4v) is 1.68. The van der Waals surface area contributed by atoms with E-state index in [0.717, 1.165) is 0 Å². The van der Waals surface area contributed by atoms with Gasteiger partial charge < -0.3 is 4.74 Å². The lowest BCUT2D eigenvalue weighted by Gasteiger charge is -2.16. The van der Waals surface area contributed by atoms with E-state index in [-0.39, 0.29) is 18.7 Å². The molecule has 0 atom stereocenters. The first-order valence-corrected chi connectivity index (χ1v) is 5.54. The summed E-state index contributed by atoms with van der Waals surface area (Å²) in [5.41, 5.74) is -7.97. The Bertz CT molecular complexity index is 608. The van der Waals surface area contributed by atoms with Gasteiger partial charge in [0.15, 0.2) is 0 Å². The van der Waals surface area contributed by atoms with Crippen molar-refractivity contribution >= 4 is 11.7 Å². The molecule has 0 saturated heterocycles. The smallest absolute Gasteiger partial charge is 0.423 e. The predicted octanol–water partition coefficient (Wildman–Crippen LogP) is 3.81. The van der Waals surface area contributed by atoms with Gasteiger partial charge in [-0.1, -0.05) is 0 Å². The van der Waals surface area contributed by atoms with Crippen molar-refractivity contribution in [1.29, 1.82) is 0 Å². The summed E-state index contributed by atoms with van der Waals surface area (Å²) in [4.78, 5) is 20.3. The third-order valence-corrected chi connectivity index (χ3v) is 2.44. The molecular formula is C11H7F6NO4. The van der Waals surface area contributed by atoms with Gasteiger partial charge in [0, 0.05) is 0 Å². The van der Waals surface area contributed by atoms with Crippen molar-refractivity contribution in [2.24, 2.45) is 0 Å². The van der Waals surface area contributed by atoms with Crippen LogP contribution in [0.2, 0.25) is 0 Å². The van der Waals surface area contributed by atoms with Crippen LogP contribution in [0.25, 0.3) is 0 Å². The molecule has 0 bridgehead atoms. The average Bonchev–Trinajstić information content (AvgIpc) is 2.34. The van der Waals surface area contributed by atoms with Gasteiger partial charge in [-0.2, -0.15) is 26.3 Å². The van der Waals surface area contributed by atoms with E-state index in [9.17, 15) is 41.3 Å². The number of benzene rings is 1. The number of alkyl halides is 6. The highest BCUT2D eigenvalue weighted by Crippen LogP contribution is 2.45. The third kappa shape index (κ3) is 3.46. The zero-order chi connectivity index (χ0) is 17.3. The van der Waals surface area contributed by atoms with Crippen molar-refractivity contribution < 1.29 is 40.8 Å². The molecule has 122 valence electrons. The molecule has 0 aliphatic rings. The van der Waals surface area contributed by atoms with Gasteiger partial charge in [-0.3, -0.25) is 10.1 Å². The molecule has 0 fully saturated rings. The molecule has 0 spiro atoms. The Balaban J connectivity index is 3.82. The molecule has 5 nitrogen and oxygen atoms in total. The number of nitrogens with zero attached hydrogens (tertiary/aromatic N) is 1. The Labute approximate surface area is 118 Å². The topological polar surface area (TPSA) is 69.4 Å². The summed E-state index contributed by atoms with van der Waals surface area (Å²) >= 11 is 0. The van der Waals surface area contributed by atoms with Crippen molar-refractivity contribution in [2.45, 2.75) is 19.3 Å². The molecule has 0 amide bonds. The van der Waals surface area contributed by atoms with Gasteiger partial charge in [0.25, 0.3) is 5.69 Å². The second-order valence-corrected chi connectivity index (χ2v) is 3.86. The SMILES string of the molecule is CCOC(=O)c1ccc(C(F)(F)F)c([N+](=O)[O-])c1C(F)(F)F. The Morgan fingerprint density at radius 3 is 2.09 bits per heavy atom. The fraction of sp³-hybridized carbons (Fsp3) is 0.364. The standard InChI is InChI=1S/C11H7F6NO4/c1-2-22-9(19)5-3-4-6(10(12,13)14)8(18(20)21)7(5)11(15,16)17/h3-4H,2H2,1H3. The third-order valence-electron chi connectivity index (χ3n) is 2.44. The van der Waals surface area contributed by atoms with E-state index in [4.69, 9.17) is 0 Å². The second-order valence-electron chi connectivity index (χ2n) is 3.86. The van der Waals surface area contributed by atoms with Crippen LogP contribution in [0.15, 0.2) is 12.1 Å². The molecule has 0 radical (unpaired) electrons. The molecule has 0 aliphatic carbocycles. The summed E-state index contributed by atoms with van der Waals surface area (Å²) in [5.74, 6) is -1.60. The summed E-state index contributed by atoms with van der Waals surface area (Å²) < 4.78 is 81.2. The first-order chi connectivity index (χ1) is 9.91. The summed E-state index contributed by atoms with van der Waals surface area (Å²) in [7, 11) is 0. The van der Waals surface area contributed by atoms with E-state index in [1.807, 2.05) is 0 Å². The molecule has 1 rings (SSSR count). The Morgan fingerprint density at radius 1 is 1.18 bits per heavy atom. The Hall–Kier alpha value is -2.33. The minimum atomic E-state index is -5.55. The van der Waals surface area contributed by atoms with Crippen LogP contribution in [-0.2, 0) is 17.1 Å². The number of halogens is 6. The van der Waals surface area contributed by atoms with Gasteiger partial charge in [-0.15, -0.1) is 0 Å². The summed E-state index contributed by atoms with van der Waals surface area (Å²) in [6.45, 7) is 0.897. The molecule has 1 aromatic carbocycles. The zero-order valence-corrected chi connectivity index (χ0v) is 10.7. The van der Waals surface area contributed by atoms with E-state index < -0.39 is 45.6 Å². The number of rotatable bonds is 3. The summed E-state index contributed by atoms with van der Waals surface area (Å²) in [5, 5.41) is 10.7. The monoisotopic (exact) mass is 331 g/mol. The normalized spacial score (nSPS) is 12.1. The van der Waals surface area contributed by atoms with Gasteiger partial charge in [-0.05, 0) is 19.1 Å². The van der Waals surface area contributed by atoms with E-state index in [2.05, 4.69) is 4.74 Å². The minimum absolute atomic E-state index is 0.0413. The lowest BCUT2D eigenvalue weighted by atomic mass is 9.99. The maximum Gasteiger partial charge on any atom is 0.423 e. The molecule has 0 aromatic heterocycles. The highest BCUT2D eigenvalue weighted by Gasteiger charge is 2.49. The maximum atomic E-state index is 13.0. The first-order valence-electron chi connectivity index (χ1n) is 5.54. The Morgan fingerprint density at radius 2 is 1.73 bits per heavy atom. The summed E-state index contributed by atoms with van der Waals surface area (Å²) in [6, 6.07) is 0.246. The fourth-order valence-electron chi connectivity index (χ4n) is 1.68. The van der Waals surface area contributed by atoms with Crippen LogP contribution in [-0.4, -0.2) is 17.5 Å². The van der Waals surface area contributed by atoms with Gasteiger partial charge in [0.1, 0.15) is 11.1 Å². The van der Waals surface area contributed by atoms with Crippen LogP contribution in [0.3, 0.4) is 0 Å². The van der Waals surface area contributed by atoms with Crippen LogP contribution in [0.1, 0.15) is 28.4 Å². The van der Waals surface area contributed by atoms with Crippen molar-refractivity contribution in [3.8, 4) is 0 Å². The molecule has 11 heteroatoms. The van der Waals surface area contributed by atoms with Crippen LogP contribution >= 0.6 is 0 Å². The van der Waals surface area contributed by atoms with E-state index in [1.165, 1.54) is 6.92 Å². The highest BCUT2D eigenvalue weighted by molar-refractivity contribution is 5.93. The second kappa shape index (κ2) is 5.81. The molecule has 0 aliphatic heterocycles. The highest BCUT2D eigenvalue weighted by atomic mass is 19.4. The summed E-state index contributed by atoms with van der Waals surface area (Å²) in [6.07, 6.45) is -10.9. The molecule has 0 saturated carbocycles. The quantitative estimate of drug-likeness (QED) is 0.365. The van der Waals surface area contributed by atoms with E-state index >= 15 is 0 Å². The van der Waals surface area contributed by atoms with Gasteiger partial charge in [0.05, 0.1) is 17.1 Å². The maximum absolute atomic E-state index is 13.0. The van der Waals surface area contributed by atoms with E-state index in [1.54, 1.807) is 0 Å². The lowest BCUT2D eigenvalue weighted by molar-refractivity contribution is -0.391. The van der Waals surface area contributed by atoms with Crippen LogP contribution in [0, 0.1) is 10.1 Å². The average molecular weight is 331 g/mol. The number of carbonyl (C=O) groups is 1. The molecule has 22 heavy (non-hydrogen) atoms. The largest absolute Gasteiger partial charge is 0.462 e. The number of hydrogen-bond donors (Lipinski definition) is 0. The zero-order valence-electron chi connectivity index (χ0n) is 10.7. The number of carbonyl (C=O) groups excluding carboxylic acids is 1. The molecule has 0 unspecified atom stereocenters. The number of nitro groups is 1. The number of hydrogen-bond acceptors (Lipinski definition) is 4. The van der Waals surface area contributed by atoms with Crippen LogP contribution < -0.4 is 0 Å². The predicted molar refractivity (Wildman–Crippen MR) is 59.1 cm³/mol. The van der Waals surface area contributed by atoms with Gasteiger partial charge in [-0.25, -0.2) is 4.79 Å². The van der Waals surface area contributed by atoms with Gasteiger partial charge >= 0.3 is 18.3 Å². The van der Waals surface area contributed by atoms with Crippen molar-refractivity contribution in [3.63, 3.8) is 0 Å². The number of nitro benzene ring substituents is 1. The van der Waals surface area contributed by atoms with Gasteiger partial charge in [0.2, 0.25) is 0 Å². The molecule has 0 N–H and O–H groups in total. The van der Waals surface area contributed by atoms with Crippen molar-refractivity contribution in [2.75, 3.05) is 6.61 Å².